The average molecular weight is 184 g/mol. The third kappa shape index (κ3) is 1.41. The van der Waals surface area contributed by atoms with Crippen LogP contribution in [0.5, 0.6) is 0 Å². The van der Waals surface area contributed by atoms with Gasteiger partial charge in [0.15, 0.2) is 8.24 Å². The van der Waals surface area contributed by atoms with Crippen LogP contribution in [0.15, 0.2) is 6.33 Å². The van der Waals surface area contributed by atoms with Crippen molar-refractivity contribution in [3.63, 3.8) is 0 Å². The number of tetrazole rings is 1. The Bertz CT molecular complexity index is 247. The van der Waals surface area contributed by atoms with Crippen molar-refractivity contribution >= 4 is 8.24 Å². The topological polar surface area (TPSA) is 43.6 Å². The largest absolute Gasteiger partial charge is 0.263 e. The molecule has 0 saturated carbocycles. The van der Waals surface area contributed by atoms with Crippen molar-refractivity contribution < 1.29 is 0 Å². The molecule has 0 amide bonds. The fraction of sp³-hybridized carbons (Fsp3) is 0.857. The summed E-state index contributed by atoms with van der Waals surface area (Å²) in [5, 5.41) is 11.6. The molecule has 5 heteroatoms. The number of hydrogen-bond donors (Lipinski definition) is 0. The van der Waals surface area contributed by atoms with Gasteiger partial charge >= 0.3 is 0 Å². The van der Waals surface area contributed by atoms with E-state index in [9.17, 15) is 0 Å². The molecule has 0 saturated heterocycles. The van der Waals surface area contributed by atoms with Crippen molar-refractivity contribution in [3.8, 4) is 0 Å². The van der Waals surface area contributed by atoms with E-state index in [2.05, 4.69) is 49.4 Å². The number of hydrogen-bond acceptors (Lipinski definition) is 3. The summed E-state index contributed by atoms with van der Waals surface area (Å²) in [7, 11) is -1.55. The molecule has 0 aliphatic rings. The van der Waals surface area contributed by atoms with Crippen molar-refractivity contribution in [1.29, 1.82) is 0 Å². The molecular weight excluding hydrogens is 168 g/mol. The van der Waals surface area contributed by atoms with Crippen molar-refractivity contribution in [2.45, 2.75) is 38.9 Å². The zero-order chi connectivity index (χ0) is 9.41. The maximum Gasteiger partial charge on any atom is 0.188 e. The lowest BCUT2D eigenvalue weighted by molar-refractivity contribution is 0.672. The van der Waals surface area contributed by atoms with E-state index in [-0.39, 0.29) is 5.04 Å². The van der Waals surface area contributed by atoms with Gasteiger partial charge in [0.05, 0.1) is 0 Å². The van der Waals surface area contributed by atoms with Crippen LogP contribution in [0, 0.1) is 0 Å². The predicted octanol–water partition coefficient (Wildman–Crippen LogP) is 1.53. The van der Waals surface area contributed by atoms with Crippen molar-refractivity contribution in [1.82, 2.24) is 19.9 Å². The van der Waals surface area contributed by atoms with E-state index < -0.39 is 8.24 Å². The van der Waals surface area contributed by atoms with Gasteiger partial charge in [-0.1, -0.05) is 26.0 Å². The highest BCUT2D eigenvalue weighted by atomic mass is 28.3. The van der Waals surface area contributed by atoms with Gasteiger partial charge in [0.25, 0.3) is 0 Å². The first-order valence-electron chi connectivity index (χ1n) is 4.09. The first-order chi connectivity index (χ1) is 5.36. The molecule has 0 spiro atoms. The molecule has 1 heterocycles. The molecule has 0 radical (unpaired) electrons. The summed E-state index contributed by atoms with van der Waals surface area (Å²) in [5.41, 5.74) is 0. The zero-order valence-corrected chi connectivity index (χ0v) is 9.37. The Kier molecular flexibility index (Phi) is 2.07. The van der Waals surface area contributed by atoms with E-state index in [0.717, 1.165) is 0 Å². The Balaban J connectivity index is 3.02. The molecule has 0 unspecified atom stereocenters. The highest BCUT2D eigenvalue weighted by Gasteiger charge is 2.38. The molecule has 0 aliphatic carbocycles. The third-order valence-electron chi connectivity index (χ3n) is 2.76. The van der Waals surface area contributed by atoms with Gasteiger partial charge in [-0.25, -0.2) is 0 Å². The van der Waals surface area contributed by atoms with Crippen molar-refractivity contribution in [2.75, 3.05) is 0 Å². The highest BCUT2D eigenvalue weighted by Crippen LogP contribution is 2.35. The highest BCUT2D eigenvalue weighted by molar-refractivity contribution is 6.78. The monoisotopic (exact) mass is 184 g/mol. The zero-order valence-electron chi connectivity index (χ0n) is 8.37. The third-order valence-corrected chi connectivity index (χ3v) is 7.78. The van der Waals surface area contributed by atoms with Crippen LogP contribution in [0.2, 0.25) is 18.1 Å². The van der Waals surface area contributed by atoms with Gasteiger partial charge in [0.2, 0.25) is 0 Å². The standard InChI is InChI=1S/C7H16N4Si/c1-7(2,3)12(4,5)11-6-8-9-10-11/h6H,1-5H3. The van der Waals surface area contributed by atoms with Crippen LogP contribution >= 0.6 is 0 Å². The molecule has 4 nitrogen and oxygen atoms in total. The summed E-state index contributed by atoms with van der Waals surface area (Å²) >= 11 is 0. The van der Waals surface area contributed by atoms with Gasteiger partial charge in [0.1, 0.15) is 6.33 Å². The van der Waals surface area contributed by atoms with Gasteiger partial charge in [0, 0.05) is 0 Å². The molecule has 1 aromatic heterocycles. The first-order valence-corrected chi connectivity index (χ1v) is 7.04. The number of aromatic nitrogens is 4. The van der Waals surface area contributed by atoms with E-state index in [1.807, 2.05) is 4.35 Å². The Morgan fingerprint density at radius 1 is 1.25 bits per heavy atom. The van der Waals surface area contributed by atoms with E-state index in [4.69, 9.17) is 0 Å². The summed E-state index contributed by atoms with van der Waals surface area (Å²) < 4.78 is 1.94. The lowest BCUT2D eigenvalue weighted by Crippen LogP contribution is -2.45. The fourth-order valence-corrected chi connectivity index (χ4v) is 2.05. The molecule has 1 rings (SSSR count). The van der Waals surface area contributed by atoms with E-state index in [1.54, 1.807) is 6.33 Å². The van der Waals surface area contributed by atoms with Crippen LogP contribution in [-0.4, -0.2) is 28.1 Å². The molecule has 0 atom stereocenters. The second kappa shape index (κ2) is 2.65. The van der Waals surface area contributed by atoms with Crippen LogP contribution in [0.3, 0.4) is 0 Å². The summed E-state index contributed by atoms with van der Waals surface area (Å²) in [6.45, 7) is 11.2. The summed E-state index contributed by atoms with van der Waals surface area (Å²) in [4.78, 5) is 0. The number of rotatable bonds is 1. The molecule has 68 valence electrons. The van der Waals surface area contributed by atoms with Crippen LogP contribution in [0.25, 0.3) is 0 Å². The van der Waals surface area contributed by atoms with Crippen molar-refractivity contribution in [2.24, 2.45) is 0 Å². The Morgan fingerprint density at radius 3 is 2.17 bits per heavy atom. The summed E-state index contributed by atoms with van der Waals surface area (Å²) in [5.74, 6) is 0. The van der Waals surface area contributed by atoms with Crippen molar-refractivity contribution in [3.05, 3.63) is 6.33 Å². The number of nitrogens with zero attached hydrogens (tertiary/aromatic N) is 4. The predicted molar refractivity (Wildman–Crippen MR) is 50.4 cm³/mol. The van der Waals surface area contributed by atoms with Gasteiger partial charge in [-0.2, -0.15) is 0 Å². The minimum atomic E-state index is -1.55. The van der Waals surface area contributed by atoms with E-state index in [0.29, 0.717) is 0 Å². The first kappa shape index (κ1) is 9.38. The average Bonchev–Trinajstić information content (AvgIpc) is 2.34. The summed E-state index contributed by atoms with van der Waals surface area (Å²) in [6, 6.07) is 0. The molecule has 0 N–H and O–H groups in total. The lowest BCUT2D eigenvalue weighted by atomic mass is 10.2. The summed E-state index contributed by atoms with van der Waals surface area (Å²) in [6.07, 6.45) is 1.72. The minimum Gasteiger partial charge on any atom is -0.263 e. The van der Waals surface area contributed by atoms with Gasteiger partial charge in [-0.3, -0.25) is 4.35 Å². The van der Waals surface area contributed by atoms with Gasteiger partial charge in [-0.15, -0.1) is 5.10 Å². The molecule has 0 aliphatic heterocycles. The molecule has 0 bridgehead atoms. The molecule has 0 fully saturated rings. The Hall–Kier alpha value is -0.713. The van der Waals surface area contributed by atoms with Crippen LogP contribution in [0.1, 0.15) is 20.8 Å². The normalized spacial score (nSPS) is 13.4. The Labute approximate surface area is 74.1 Å². The Morgan fingerprint density at radius 2 is 1.83 bits per heavy atom. The second-order valence-electron chi connectivity index (χ2n) is 4.56. The smallest absolute Gasteiger partial charge is 0.188 e. The molecule has 12 heavy (non-hydrogen) atoms. The lowest BCUT2D eigenvalue weighted by Gasteiger charge is -2.35. The van der Waals surface area contributed by atoms with Crippen LogP contribution < -0.4 is 0 Å². The maximum absolute atomic E-state index is 3.97. The SMILES string of the molecule is CC(C)(C)[Si](C)(C)n1cnnn1. The minimum absolute atomic E-state index is 0.280. The van der Waals surface area contributed by atoms with Gasteiger partial charge in [-0.05, 0) is 23.3 Å². The van der Waals surface area contributed by atoms with E-state index in [1.165, 1.54) is 0 Å². The van der Waals surface area contributed by atoms with E-state index >= 15 is 0 Å². The second-order valence-corrected chi connectivity index (χ2v) is 9.64. The molecule has 0 aromatic carbocycles. The molecular formula is C7H16N4Si. The fourth-order valence-electron chi connectivity index (χ4n) is 0.761. The van der Waals surface area contributed by atoms with Gasteiger partial charge < -0.3 is 0 Å². The quantitative estimate of drug-likeness (QED) is 0.622. The van der Waals surface area contributed by atoms with Crippen LogP contribution in [0.4, 0.5) is 0 Å². The molecule has 1 aromatic rings. The maximum atomic E-state index is 3.97. The van der Waals surface area contributed by atoms with Crippen LogP contribution in [-0.2, 0) is 0 Å².